The fourth-order valence-corrected chi connectivity index (χ4v) is 2.19. The summed E-state index contributed by atoms with van der Waals surface area (Å²) < 4.78 is 5.72. The maximum absolute atomic E-state index is 5.84. The first-order valence-corrected chi connectivity index (χ1v) is 7.87. The van der Waals surface area contributed by atoms with Gasteiger partial charge in [0.05, 0.1) is 0 Å². The number of benzene rings is 2. The number of hydrogen-bond acceptors (Lipinski definition) is 2. The highest BCUT2D eigenvalue weighted by Crippen LogP contribution is 2.15. The van der Waals surface area contributed by atoms with Crippen molar-refractivity contribution in [3.05, 3.63) is 59.1 Å². The van der Waals surface area contributed by atoms with Crippen LogP contribution < -0.4 is 10.1 Å². The van der Waals surface area contributed by atoms with E-state index in [2.05, 4.69) is 24.4 Å². The second-order valence-electron chi connectivity index (χ2n) is 5.03. The van der Waals surface area contributed by atoms with Crippen LogP contribution in [-0.4, -0.2) is 13.2 Å². The van der Waals surface area contributed by atoms with Gasteiger partial charge in [-0.3, -0.25) is 0 Å². The highest BCUT2D eigenvalue weighted by atomic mass is 35.5. The monoisotopic (exact) mass is 303 g/mol. The first kappa shape index (κ1) is 15.7. The van der Waals surface area contributed by atoms with E-state index in [1.165, 1.54) is 18.4 Å². The second kappa shape index (κ2) is 8.58. The smallest absolute Gasteiger partial charge is 0.119 e. The minimum absolute atomic E-state index is 0.636. The molecule has 2 aromatic rings. The van der Waals surface area contributed by atoms with E-state index >= 15 is 0 Å². The fourth-order valence-electron chi connectivity index (χ4n) is 2.07. The summed E-state index contributed by atoms with van der Waals surface area (Å²) in [6.45, 7) is 3.61. The average molecular weight is 304 g/mol. The molecule has 2 aromatic carbocycles. The van der Waals surface area contributed by atoms with Crippen LogP contribution in [-0.2, 0) is 6.42 Å². The quantitative estimate of drug-likeness (QED) is 0.679. The van der Waals surface area contributed by atoms with Gasteiger partial charge in [0.1, 0.15) is 12.4 Å². The summed E-state index contributed by atoms with van der Waals surface area (Å²) in [4.78, 5) is 0. The van der Waals surface area contributed by atoms with Crippen molar-refractivity contribution in [2.45, 2.75) is 26.2 Å². The molecule has 0 aromatic heterocycles. The standard InChI is InChI=1S/C18H22ClNO/c1-2-3-4-15-5-11-18(12-6-15)21-14-13-20-17-9-7-16(19)8-10-17/h5-12,20H,2-4,13-14H2,1H3. The fraction of sp³-hybridized carbons (Fsp3) is 0.333. The molecular formula is C18H22ClNO. The predicted octanol–water partition coefficient (Wildman–Crippen LogP) is 5.17. The molecule has 2 nitrogen and oxygen atoms in total. The lowest BCUT2D eigenvalue weighted by Gasteiger charge is -2.09. The summed E-state index contributed by atoms with van der Waals surface area (Å²) in [5, 5.41) is 4.05. The number of aryl methyl sites for hydroxylation is 1. The van der Waals surface area contributed by atoms with Crippen molar-refractivity contribution in [2.75, 3.05) is 18.5 Å². The minimum atomic E-state index is 0.636. The largest absolute Gasteiger partial charge is 0.492 e. The summed E-state index contributed by atoms with van der Waals surface area (Å²) in [6.07, 6.45) is 3.62. The van der Waals surface area contributed by atoms with E-state index in [-0.39, 0.29) is 0 Å². The molecule has 0 saturated carbocycles. The normalized spacial score (nSPS) is 10.4. The van der Waals surface area contributed by atoms with E-state index in [0.29, 0.717) is 6.61 Å². The second-order valence-corrected chi connectivity index (χ2v) is 5.47. The van der Waals surface area contributed by atoms with Gasteiger partial charge in [-0.25, -0.2) is 0 Å². The molecule has 0 atom stereocenters. The van der Waals surface area contributed by atoms with Gasteiger partial charge in [-0.1, -0.05) is 37.1 Å². The Balaban J connectivity index is 1.69. The number of unbranched alkanes of at least 4 members (excludes halogenated alkanes) is 1. The van der Waals surface area contributed by atoms with Gasteiger partial charge in [-0.15, -0.1) is 0 Å². The third-order valence-electron chi connectivity index (χ3n) is 3.29. The van der Waals surface area contributed by atoms with Crippen molar-refractivity contribution >= 4 is 17.3 Å². The van der Waals surface area contributed by atoms with Crippen molar-refractivity contribution in [3.8, 4) is 5.75 Å². The molecule has 0 amide bonds. The Morgan fingerprint density at radius 2 is 1.71 bits per heavy atom. The van der Waals surface area contributed by atoms with Crippen LogP contribution in [0, 0.1) is 0 Å². The summed E-state index contributed by atoms with van der Waals surface area (Å²) in [6, 6.07) is 16.1. The van der Waals surface area contributed by atoms with E-state index in [1.807, 2.05) is 36.4 Å². The van der Waals surface area contributed by atoms with Crippen LogP contribution in [0.3, 0.4) is 0 Å². The van der Waals surface area contributed by atoms with Crippen molar-refractivity contribution in [2.24, 2.45) is 0 Å². The van der Waals surface area contributed by atoms with Gasteiger partial charge in [0.2, 0.25) is 0 Å². The van der Waals surface area contributed by atoms with Crippen LogP contribution in [0.15, 0.2) is 48.5 Å². The average Bonchev–Trinajstić information content (AvgIpc) is 2.52. The van der Waals surface area contributed by atoms with Crippen LogP contribution in [0.4, 0.5) is 5.69 Å². The number of hydrogen-bond donors (Lipinski definition) is 1. The van der Waals surface area contributed by atoms with Gasteiger partial charge in [0.15, 0.2) is 0 Å². The van der Waals surface area contributed by atoms with Gasteiger partial charge in [-0.2, -0.15) is 0 Å². The Labute approximate surface area is 132 Å². The maximum Gasteiger partial charge on any atom is 0.119 e. The lowest BCUT2D eigenvalue weighted by Crippen LogP contribution is -2.11. The van der Waals surface area contributed by atoms with Crippen molar-refractivity contribution < 1.29 is 4.74 Å². The molecule has 1 N–H and O–H groups in total. The molecule has 0 unspecified atom stereocenters. The Kier molecular flexibility index (Phi) is 6.42. The molecule has 3 heteroatoms. The molecular weight excluding hydrogens is 282 g/mol. The lowest BCUT2D eigenvalue weighted by molar-refractivity contribution is 0.333. The zero-order chi connectivity index (χ0) is 14.9. The highest BCUT2D eigenvalue weighted by molar-refractivity contribution is 6.30. The van der Waals surface area contributed by atoms with Crippen LogP contribution in [0.25, 0.3) is 0 Å². The molecule has 0 saturated heterocycles. The van der Waals surface area contributed by atoms with Gasteiger partial charge in [0.25, 0.3) is 0 Å². The number of anilines is 1. The van der Waals surface area contributed by atoms with Crippen LogP contribution in [0.1, 0.15) is 25.3 Å². The molecule has 0 heterocycles. The van der Waals surface area contributed by atoms with Crippen LogP contribution >= 0.6 is 11.6 Å². The predicted molar refractivity (Wildman–Crippen MR) is 90.5 cm³/mol. The molecule has 0 aliphatic rings. The zero-order valence-electron chi connectivity index (χ0n) is 12.4. The van der Waals surface area contributed by atoms with Gasteiger partial charge in [0, 0.05) is 17.3 Å². The van der Waals surface area contributed by atoms with Crippen LogP contribution in [0.2, 0.25) is 5.02 Å². The first-order chi connectivity index (χ1) is 10.3. The Morgan fingerprint density at radius 1 is 1.00 bits per heavy atom. The van der Waals surface area contributed by atoms with Gasteiger partial charge in [-0.05, 0) is 54.8 Å². The van der Waals surface area contributed by atoms with Crippen LogP contribution in [0.5, 0.6) is 5.75 Å². The maximum atomic E-state index is 5.84. The van der Waals surface area contributed by atoms with E-state index in [9.17, 15) is 0 Å². The summed E-state index contributed by atoms with van der Waals surface area (Å²) in [5.41, 5.74) is 2.43. The Morgan fingerprint density at radius 3 is 2.38 bits per heavy atom. The number of ether oxygens (including phenoxy) is 1. The number of halogens is 1. The summed E-state index contributed by atoms with van der Waals surface area (Å²) in [5.74, 6) is 0.924. The van der Waals surface area contributed by atoms with Crippen molar-refractivity contribution in [1.82, 2.24) is 0 Å². The molecule has 0 fully saturated rings. The van der Waals surface area contributed by atoms with Gasteiger partial charge >= 0.3 is 0 Å². The molecule has 0 aliphatic carbocycles. The topological polar surface area (TPSA) is 21.3 Å². The third kappa shape index (κ3) is 5.68. The number of nitrogens with one attached hydrogen (secondary N) is 1. The molecule has 0 bridgehead atoms. The summed E-state index contributed by atoms with van der Waals surface area (Å²) >= 11 is 5.84. The first-order valence-electron chi connectivity index (χ1n) is 7.49. The molecule has 0 aliphatic heterocycles. The van der Waals surface area contributed by atoms with E-state index in [0.717, 1.165) is 29.4 Å². The molecule has 112 valence electrons. The SMILES string of the molecule is CCCCc1ccc(OCCNc2ccc(Cl)cc2)cc1. The Hall–Kier alpha value is -1.67. The molecule has 2 rings (SSSR count). The minimum Gasteiger partial charge on any atom is -0.492 e. The highest BCUT2D eigenvalue weighted by Gasteiger charge is 1.96. The van der Waals surface area contributed by atoms with Gasteiger partial charge < -0.3 is 10.1 Å². The molecule has 0 radical (unpaired) electrons. The van der Waals surface area contributed by atoms with Crippen molar-refractivity contribution in [3.63, 3.8) is 0 Å². The zero-order valence-corrected chi connectivity index (χ0v) is 13.2. The lowest BCUT2D eigenvalue weighted by atomic mass is 10.1. The molecule has 0 spiro atoms. The molecule has 21 heavy (non-hydrogen) atoms. The van der Waals surface area contributed by atoms with Crippen molar-refractivity contribution in [1.29, 1.82) is 0 Å². The Bertz CT molecular complexity index is 522. The number of rotatable bonds is 8. The van der Waals surface area contributed by atoms with E-state index < -0.39 is 0 Å². The third-order valence-corrected chi connectivity index (χ3v) is 3.54. The summed E-state index contributed by atoms with van der Waals surface area (Å²) in [7, 11) is 0. The van der Waals surface area contributed by atoms with E-state index in [1.54, 1.807) is 0 Å². The van der Waals surface area contributed by atoms with E-state index in [4.69, 9.17) is 16.3 Å².